The van der Waals surface area contributed by atoms with E-state index in [0.717, 1.165) is 43.6 Å². The zero-order valence-electron chi connectivity index (χ0n) is 14.5. The Hall–Kier alpha value is -1.65. The fourth-order valence-corrected chi connectivity index (χ4v) is 5.18. The van der Waals surface area contributed by atoms with Crippen molar-refractivity contribution < 1.29 is 4.79 Å². The van der Waals surface area contributed by atoms with Gasteiger partial charge in [0.05, 0.1) is 6.20 Å². The highest BCUT2D eigenvalue weighted by atomic mass is 16.1. The molecule has 5 nitrogen and oxygen atoms in total. The molecule has 5 heteroatoms. The van der Waals surface area contributed by atoms with Crippen LogP contribution in [0.4, 0.5) is 5.82 Å². The predicted molar refractivity (Wildman–Crippen MR) is 93.5 cm³/mol. The van der Waals surface area contributed by atoms with Crippen LogP contribution in [0, 0.1) is 23.7 Å². The number of carbonyl (C=O) groups excluding carboxylic acids is 1. The summed E-state index contributed by atoms with van der Waals surface area (Å²) in [7, 11) is 0. The molecule has 1 aromatic rings. The molecule has 0 radical (unpaired) electrons. The van der Waals surface area contributed by atoms with Crippen LogP contribution in [-0.4, -0.2) is 35.0 Å². The van der Waals surface area contributed by atoms with E-state index in [4.69, 9.17) is 0 Å². The van der Waals surface area contributed by atoms with Crippen LogP contribution in [0.15, 0.2) is 18.6 Å². The first kappa shape index (κ1) is 15.9. The van der Waals surface area contributed by atoms with E-state index in [1.807, 2.05) is 0 Å². The third-order valence-electron chi connectivity index (χ3n) is 6.54. The first-order valence-electron chi connectivity index (χ1n) is 9.52. The van der Waals surface area contributed by atoms with Gasteiger partial charge in [0, 0.05) is 37.4 Å². The molecule has 4 atom stereocenters. The van der Waals surface area contributed by atoms with E-state index >= 15 is 0 Å². The van der Waals surface area contributed by atoms with Crippen molar-refractivity contribution in [1.29, 1.82) is 0 Å². The molecule has 0 unspecified atom stereocenters. The molecule has 0 spiro atoms. The summed E-state index contributed by atoms with van der Waals surface area (Å²) < 4.78 is 0. The fraction of sp³-hybridized carbons (Fsp3) is 0.737. The number of piperidine rings is 1. The summed E-state index contributed by atoms with van der Waals surface area (Å²) in [5, 5.41) is 3.35. The molecule has 130 valence electrons. The smallest absolute Gasteiger partial charge is 0.223 e. The lowest BCUT2D eigenvalue weighted by Crippen LogP contribution is -2.46. The molecule has 2 heterocycles. The topological polar surface area (TPSA) is 58.1 Å². The average molecular weight is 328 g/mol. The Kier molecular flexibility index (Phi) is 4.42. The fourth-order valence-electron chi connectivity index (χ4n) is 5.18. The Morgan fingerprint density at radius 3 is 2.67 bits per heavy atom. The van der Waals surface area contributed by atoms with Gasteiger partial charge in [-0.25, -0.2) is 4.98 Å². The lowest BCUT2D eigenvalue weighted by Gasteiger charge is -2.34. The molecule has 1 saturated heterocycles. The van der Waals surface area contributed by atoms with E-state index in [1.165, 1.54) is 25.7 Å². The Morgan fingerprint density at radius 2 is 2.04 bits per heavy atom. The highest BCUT2D eigenvalue weighted by Crippen LogP contribution is 2.49. The number of carbonyl (C=O) groups is 1. The van der Waals surface area contributed by atoms with Gasteiger partial charge >= 0.3 is 0 Å². The minimum atomic E-state index is 0.152. The predicted octanol–water partition coefficient (Wildman–Crippen LogP) is 2.63. The van der Waals surface area contributed by atoms with Crippen LogP contribution >= 0.6 is 0 Å². The zero-order chi connectivity index (χ0) is 16.5. The van der Waals surface area contributed by atoms with Gasteiger partial charge < -0.3 is 10.2 Å². The summed E-state index contributed by atoms with van der Waals surface area (Å²) in [6.45, 7) is 4.00. The van der Waals surface area contributed by atoms with E-state index in [1.54, 1.807) is 18.6 Å². The quantitative estimate of drug-likeness (QED) is 0.923. The van der Waals surface area contributed by atoms with Gasteiger partial charge in [-0.05, 0) is 56.8 Å². The molecule has 0 aromatic carbocycles. The van der Waals surface area contributed by atoms with Gasteiger partial charge in [-0.3, -0.25) is 9.78 Å². The number of aromatic nitrogens is 2. The normalized spacial score (nSPS) is 31.2. The van der Waals surface area contributed by atoms with Gasteiger partial charge in [0.25, 0.3) is 0 Å². The number of hydrogen-bond donors (Lipinski definition) is 1. The van der Waals surface area contributed by atoms with Gasteiger partial charge in [0.15, 0.2) is 0 Å². The standard InChI is InChI=1S/C19H28N4O/c1-13(17-11-14-2-3-16(17)10-14)22-19(24)15-4-8-23(9-5-15)18-12-20-6-7-21-18/h6-7,12-17H,2-5,8-11H2,1H3,(H,22,24)/t13-,14-,16-,17-/m0/s1. The molecule has 1 aliphatic heterocycles. The van der Waals surface area contributed by atoms with Crippen molar-refractivity contribution in [3.63, 3.8) is 0 Å². The molecule has 2 aliphatic carbocycles. The SMILES string of the molecule is C[C@H](NC(=O)C1CCN(c2cnccn2)CC1)[C@@H]1C[C@H]2CC[C@H]1C2. The summed E-state index contributed by atoms with van der Waals surface area (Å²) in [4.78, 5) is 23.4. The van der Waals surface area contributed by atoms with Gasteiger partial charge in [0.2, 0.25) is 5.91 Å². The van der Waals surface area contributed by atoms with Crippen LogP contribution in [0.25, 0.3) is 0 Å². The van der Waals surface area contributed by atoms with Crippen LogP contribution in [0.2, 0.25) is 0 Å². The van der Waals surface area contributed by atoms with Crippen molar-refractivity contribution in [1.82, 2.24) is 15.3 Å². The Balaban J connectivity index is 1.27. The Labute approximate surface area is 144 Å². The lowest BCUT2D eigenvalue weighted by molar-refractivity contribution is -0.126. The first-order chi connectivity index (χ1) is 11.7. The van der Waals surface area contributed by atoms with Crippen molar-refractivity contribution in [3.8, 4) is 0 Å². The second kappa shape index (κ2) is 6.69. The molecule has 3 fully saturated rings. The number of anilines is 1. The number of hydrogen-bond acceptors (Lipinski definition) is 4. The summed E-state index contributed by atoms with van der Waals surface area (Å²) in [6.07, 6.45) is 12.6. The summed E-state index contributed by atoms with van der Waals surface area (Å²) in [6, 6.07) is 0.339. The van der Waals surface area contributed by atoms with Gasteiger partial charge in [-0.15, -0.1) is 0 Å². The molecular formula is C19H28N4O. The molecule has 1 N–H and O–H groups in total. The maximum absolute atomic E-state index is 12.7. The number of nitrogens with one attached hydrogen (secondary N) is 1. The van der Waals surface area contributed by atoms with Gasteiger partial charge in [-0.1, -0.05) is 6.42 Å². The highest BCUT2D eigenvalue weighted by Gasteiger charge is 2.42. The van der Waals surface area contributed by atoms with Gasteiger partial charge in [0.1, 0.15) is 5.82 Å². The van der Waals surface area contributed by atoms with Crippen molar-refractivity contribution in [3.05, 3.63) is 18.6 Å². The van der Waals surface area contributed by atoms with Crippen molar-refractivity contribution >= 4 is 11.7 Å². The highest BCUT2D eigenvalue weighted by molar-refractivity contribution is 5.79. The van der Waals surface area contributed by atoms with Gasteiger partial charge in [-0.2, -0.15) is 0 Å². The van der Waals surface area contributed by atoms with Crippen LogP contribution in [0.3, 0.4) is 0 Å². The molecule has 24 heavy (non-hydrogen) atoms. The second-order valence-electron chi connectivity index (χ2n) is 7.96. The maximum Gasteiger partial charge on any atom is 0.223 e. The Bertz CT molecular complexity index is 570. The number of fused-ring (bicyclic) bond motifs is 2. The van der Waals surface area contributed by atoms with Crippen molar-refractivity contribution in [2.24, 2.45) is 23.7 Å². The zero-order valence-corrected chi connectivity index (χ0v) is 14.5. The third kappa shape index (κ3) is 3.13. The van der Waals surface area contributed by atoms with Crippen molar-refractivity contribution in [2.75, 3.05) is 18.0 Å². The first-order valence-corrected chi connectivity index (χ1v) is 9.52. The summed E-state index contributed by atoms with van der Waals surface area (Å²) >= 11 is 0. The maximum atomic E-state index is 12.7. The van der Waals surface area contributed by atoms with Crippen LogP contribution < -0.4 is 10.2 Å². The van der Waals surface area contributed by atoms with E-state index in [9.17, 15) is 4.79 Å². The average Bonchev–Trinajstić information content (AvgIpc) is 3.26. The molecule has 4 rings (SSSR count). The summed E-state index contributed by atoms with van der Waals surface area (Å²) in [5.74, 6) is 3.86. The molecule has 2 saturated carbocycles. The molecule has 3 aliphatic rings. The third-order valence-corrected chi connectivity index (χ3v) is 6.54. The van der Waals surface area contributed by atoms with Crippen LogP contribution in [0.1, 0.15) is 45.4 Å². The lowest BCUT2D eigenvalue weighted by atomic mass is 9.83. The second-order valence-corrected chi connectivity index (χ2v) is 7.96. The molecule has 2 bridgehead atoms. The number of nitrogens with zero attached hydrogens (tertiary/aromatic N) is 3. The van der Waals surface area contributed by atoms with E-state index in [-0.39, 0.29) is 11.8 Å². The molecular weight excluding hydrogens is 300 g/mol. The molecule has 1 aromatic heterocycles. The largest absolute Gasteiger partial charge is 0.355 e. The van der Waals surface area contributed by atoms with Crippen molar-refractivity contribution in [2.45, 2.75) is 51.5 Å². The van der Waals surface area contributed by atoms with E-state index < -0.39 is 0 Å². The number of amides is 1. The Morgan fingerprint density at radius 1 is 1.21 bits per heavy atom. The minimum absolute atomic E-state index is 0.152. The summed E-state index contributed by atoms with van der Waals surface area (Å²) in [5.41, 5.74) is 0. The van der Waals surface area contributed by atoms with Crippen LogP contribution in [-0.2, 0) is 4.79 Å². The van der Waals surface area contributed by atoms with E-state index in [0.29, 0.717) is 12.0 Å². The molecule has 1 amide bonds. The monoisotopic (exact) mass is 328 g/mol. The minimum Gasteiger partial charge on any atom is -0.355 e. The van der Waals surface area contributed by atoms with E-state index in [2.05, 4.69) is 27.1 Å². The number of rotatable bonds is 4. The van der Waals surface area contributed by atoms with Crippen LogP contribution in [0.5, 0.6) is 0 Å².